The number of likely N-dealkylation sites (N-methyl/N-ethyl adjacent to an activating group) is 1. The molecule has 0 spiro atoms. The maximum absolute atomic E-state index is 12.1. The van der Waals surface area contributed by atoms with Gasteiger partial charge in [0.05, 0.1) is 6.54 Å². The number of nitrogens with zero attached hydrogens (tertiary/aromatic N) is 1. The van der Waals surface area contributed by atoms with Crippen LogP contribution in [0.1, 0.15) is 44.0 Å². The zero-order valence-corrected chi connectivity index (χ0v) is 14.7. The summed E-state index contributed by atoms with van der Waals surface area (Å²) < 4.78 is 0. The Morgan fingerprint density at radius 1 is 1.12 bits per heavy atom. The molecule has 0 aromatic heterocycles. The van der Waals surface area contributed by atoms with Gasteiger partial charge in [-0.3, -0.25) is 14.4 Å². The van der Waals surface area contributed by atoms with Crippen LogP contribution >= 0.6 is 0 Å². The zero-order valence-electron chi connectivity index (χ0n) is 14.7. The Hall–Kier alpha value is -2.37. The summed E-state index contributed by atoms with van der Waals surface area (Å²) in [5.41, 5.74) is 0.601. The number of amides is 3. The Labute approximate surface area is 143 Å². The minimum atomic E-state index is -0.155. The van der Waals surface area contributed by atoms with Gasteiger partial charge in [0, 0.05) is 31.1 Å². The summed E-state index contributed by atoms with van der Waals surface area (Å²) in [4.78, 5) is 37.3. The van der Waals surface area contributed by atoms with Gasteiger partial charge in [-0.1, -0.05) is 18.2 Å². The molecular weight excluding hydrogens is 306 g/mol. The lowest BCUT2D eigenvalue weighted by Crippen LogP contribution is -2.42. The van der Waals surface area contributed by atoms with Crippen LogP contribution in [0.5, 0.6) is 0 Å². The molecule has 3 amide bonds. The van der Waals surface area contributed by atoms with E-state index in [9.17, 15) is 14.4 Å². The topological polar surface area (TPSA) is 78.5 Å². The van der Waals surface area contributed by atoms with Gasteiger partial charge in [-0.15, -0.1) is 0 Å². The fourth-order valence-electron chi connectivity index (χ4n) is 2.21. The zero-order chi connectivity index (χ0) is 17.9. The van der Waals surface area contributed by atoms with Crippen LogP contribution in [0, 0.1) is 0 Å². The van der Waals surface area contributed by atoms with Crippen LogP contribution in [0.25, 0.3) is 0 Å². The highest BCUT2D eigenvalue weighted by Gasteiger charge is 2.15. The highest BCUT2D eigenvalue weighted by atomic mass is 16.2. The molecule has 24 heavy (non-hydrogen) atoms. The van der Waals surface area contributed by atoms with Gasteiger partial charge < -0.3 is 15.5 Å². The van der Waals surface area contributed by atoms with Crippen LogP contribution in [-0.4, -0.2) is 48.3 Å². The first-order valence-corrected chi connectivity index (χ1v) is 8.34. The van der Waals surface area contributed by atoms with E-state index in [4.69, 9.17) is 0 Å². The summed E-state index contributed by atoms with van der Waals surface area (Å²) in [6.07, 6.45) is 0.845. The number of nitrogens with one attached hydrogen (secondary N) is 2. The molecule has 0 heterocycles. The minimum Gasteiger partial charge on any atom is -0.352 e. The first-order chi connectivity index (χ1) is 11.4. The Bertz CT molecular complexity index is 544. The monoisotopic (exact) mass is 333 g/mol. The van der Waals surface area contributed by atoms with Crippen molar-refractivity contribution in [3.05, 3.63) is 35.9 Å². The van der Waals surface area contributed by atoms with E-state index in [1.807, 2.05) is 26.8 Å². The van der Waals surface area contributed by atoms with Crippen molar-refractivity contribution in [1.82, 2.24) is 15.5 Å². The highest BCUT2D eigenvalue weighted by Crippen LogP contribution is 2.00. The Morgan fingerprint density at radius 2 is 1.79 bits per heavy atom. The lowest BCUT2D eigenvalue weighted by molar-refractivity contribution is -0.136. The van der Waals surface area contributed by atoms with Crippen molar-refractivity contribution in [2.24, 2.45) is 0 Å². The molecule has 0 aliphatic rings. The number of carbonyl (C=O) groups is 3. The molecule has 6 heteroatoms. The maximum atomic E-state index is 12.1. The normalized spacial score (nSPS) is 10.3. The molecular formula is C18H27N3O3. The fourth-order valence-corrected chi connectivity index (χ4v) is 2.21. The second-order valence-corrected chi connectivity index (χ2v) is 5.86. The van der Waals surface area contributed by atoms with Crippen LogP contribution in [0.15, 0.2) is 30.3 Å². The van der Waals surface area contributed by atoms with Crippen molar-refractivity contribution < 1.29 is 14.4 Å². The number of hydrogen-bond acceptors (Lipinski definition) is 3. The third kappa shape index (κ3) is 7.26. The Balaban J connectivity index is 2.31. The molecule has 6 nitrogen and oxygen atoms in total. The quantitative estimate of drug-likeness (QED) is 0.673. The minimum absolute atomic E-state index is 0.0551. The van der Waals surface area contributed by atoms with Crippen LogP contribution < -0.4 is 10.6 Å². The van der Waals surface area contributed by atoms with Gasteiger partial charge in [0.1, 0.15) is 0 Å². The molecule has 0 fully saturated rings. The number of rotatable bonds is 9. The molecule has 0 saturated heterocycles. The van der Waals surface area contributed by atoms with E-state index in [1.54, 1.807) is 24.3 Å². The summed E-state index contributed by atoms with van der Waals surface area (Å²) in [6, 6.07) is 9.00. The van der Waals surface area contributed by atoms with Crippen molar-refractivity contribution >= 4 is 17.7 Å². The molecule has 0 unspecified atom stereocenters. The summed E-state index contributed by atoms with van der Waals surface area (Å²) in [6.45, 7) is 6.59. The summed E-state index contributed by atoms with van der Waals surface area (Å²) in [5.74, 6) is -0.380. The molecule has 0 radical (unpaired) electrons. The molecule has 0 bridgehead atoms. The second kappa shape index (κ2) is 10.4. The summed E-state index contributed by atoms with van der Waals surface area (Å²) in [7, 11) is 0. The van der Waals surface area contributed by atoms with Gasteiger partial charge in [0.15, 0.2) is 0 Å². The van der Waals surface area contributed by atoms with E-state index < -0.39 is 0 Å². The van der Waals surface area contributed by atoms with Crippen molar-refractivity contribution in [2.45, 2.75) is 39.7 Å². The van der Waals surface area contributed by atoms with Crippen molar-refractivity contribution in [1.29, 1.82) is 0 Å². The molecule has 1 aromatic carbocycles. The molecule has 2 N–H and O–H groups in total. The molecule has 1 aromatic rings. The van der Waals surface area contributed by atoms with E-state index in [0.717, 1.165) is 0 Å². The van der Waals surface area contributed by atoms with E-state index in [0.29, 0.717) is 31.5 Å². The lowest BCUT2D eigenvalue weighted by Gasteiger charge is -2.21. The van der Waals surface area contributed by atoms with Crippen LogP contribution in [0.3, 0.4) is 0 Å². The largest absolute Gasteiger partial charge is 0.352 e. The van der Waals surface area contributed by atoms with Gasteiger partial charge in [-0.25, -0.2) is 0 Å². The lowest BCUT2D eigenvalue weighted by atomic mass is 10.2. The molecule has 0 saturated carbocycles. The first kappa shape index (κ1) is 19.7. The molecule has 0 aliphatic carbocycles. The number of carbonyl (C=O) groups excluding carboxylic acids is 3. The average molecular weight is 333 g/mol. The number of hydrogen-bond donors (Lipinski definition) is 2. The van der Waals surface area contributed by atoms with Crippen LogP contribution in [-0.2, 0) is 9.59 Å². The van der Waals surface area contributed by atoms with E-state index >= 15 is 0 Å². The third-order valence-corrected chi connectivity index (χ3v) is 3.41. The van der Waals surface area contributed by atoms with E-state index in [-0.39, 0.29) is 30.3 Å². The Kier molecular flexibility index (Phi) is 8.54. The third-order valence-electron chi connectivity index (χ3n) is 3.41. The molecule has 0 atom stereocenters. The van der Waals surface area contributed by atoms with E-state index in [1.165, 1.54) is 4.90 Å². The van der Waals surface area contributed by atoms with Gasteiger partial charge in [0.2, 0.25) is 11.8 Å². The predicted molar refractivity (Wildman–Crippen MR) is 93.5 cm³/mol. The average Bonchev–Trinajstić information content (AvgIpc) is 2.56. The standard InChI is InChI=1S/C18H27N3O3/c1-4-21(13-16(22)20-14(2)3)17(23)11-8-12-19-18(24)15-9-6-5-7-10-15/h5-7,9-10,14H,4,8,11-13H2,1-3H3,(H,19,24)(H,20,22). The highest BCUT2D eigenvalue weighted by molar-refractivity contribution is 5.94. The van der Waals surface area contributed by atoms with Gasteiger partial charge in [0.25, 0.3) is 5.91 Å². The van der Waals surface area contributed by atoms with Crippen LogP contribution in [0.4, 0.5) is 0 Å². The molecule has 132 valence electrons. The second-order valence-electron chi connectivity index (χ2n) is 5.86. The van der Waals surface area contributed by atoms with E-state index in [2.05, 4.69) is 10.6 Å². The maximum Gasteiger partial charge on any atom is 0.251 e. The van der Waals surface area contributed by atoms with Crippen molar-refractivity contribution in [3.8, 4) is 0 Å². The fraction of sp³-hybridized carbons (Fsp3) is 0.500. The van der Waals surface area contributed by atoms with Gasteiger partial charge in [-0.2, -0.15) is 0 Å². The summed E-state index contributed by atoms with van der Waals surface area (Å²) >= 11 is 0. The SMILES string of the molecule is CCN(CC(=O)NC(C)C)C(=O)CCCNC(=O)c1ccccc1. The van der Waals surface area contributed by atoms with Crippen LogP contribution in [0.2, 0.25) is 0 Å². The molecule has 0 aliphatic heterocycles. The summed E-state index contributed by atoms with van der Waals surface area (Å²) in [5, 5.41) is 5.56. The van der Waals surface area contributed by atoms with Crippen molar-refractivity contribution in [2.75, 3.05) is 19.6 Å². The number of benzene rings is 1. The first-order valence-electron chi connectivity index (χ1n) is 8.34. The molecule has 1 rings (SSSR count). The Morgan fingerprint density at radius 3 is 2.38 bits per heavy atom. The van der Waals surface area contributed by atoms with Gasteiger partial charge in [-0.05, 0) is 39.3 Å². The smallest absolute Gasteiger partial charge is 0.251 e. The van der Waals surface area contributed by atoms with Gasteiger partial charge >= 0.3 is 0 Å². The predicted octanol–water partition coefficient (Wildman–Crippen LogP) is 1.57. The van der Waals surface area contributed by atoms with Crippen molar-refractivity contribution in [3.63, 3.8) is 0 Å².